The number of carbonyl (C=O) groups is 1. The van der Waals surface area contributed by atoms with Gasteiger partial charge in [0, 0.05) is 42.4 Å². The van der Waals surface area contributed by atoms with E-state index in [9.17, 15) is 22.0 Å². The van der Waals surface area contributed by atoms with Crippen LogP contribution in [0, 0.1) is 0 Å². The quantitative estimate of drug-likeness (QED) is 0.570. The van der Waals surface area contributed by atoms with Crippen LogP contribution in [0.5, 0.6) is 5.75 Å². The molecule has 1 aliphatic carbocycles. The predicted octanol–water partition coefficient (Wildman–Crippen LogP) is 2.86. The maximum Gasteiger partial charge on any atom is 0.387 e. The number of para-hydroxylation sites is 1. The Morgan fingerprint density at radius 1 is 1.32 bits per heavy atom. The molecule has 2 aromatic rings. The Hall–Kier alpha value is -3.08. The average Bonchev–Trinajstić information content (AvgIpc) is 3.54. The lowest BCUT2D eigenvalue weighted by Crippen LogP contribution is -2.25. The van der Waals surface area contributed by atoms with Crippen molar-refractivity contribution >= 4 is 21.6 Å². The lowest BCUT2D eigenvalue weighted by molar-refractivity contribution is -0.0504. The number of ether oxygens (including phenoxy) is 1. The second-order valence-electron chi connectivity index (χ2n) is 7.02. The van der Waals surface area contributed by atoms with Crippen LogP contribution >= 0.6 is 0 Å². The third kappa shape index (κ3) is 6.99. The van der Waals surface area contributed by atoms with Crippen molar-refractivity contribution in [2.45, 2.75) is 31.9 Å². The first-order valence-corrected chi connectivity index (χ1v) is 11.5. The molecule has 1 aromatic carbocycles. The number of nitrogens with zero attached hydrogens (tertiary/aromatic N) is 2. The molecule has 1 saturated carbocycles. The maximum atomic E-state index is 12.6. The van der Waals surface area contributed by atoms with Gasteiger partial charge >= 0.3 is 6.61 Å². The van der Waals surface area contributed by atoms with Crippen LogP contribution in [0.3, 0.4) is 0 Å². The fourth-order valence-electron chi connectivity index (χ4n) is 2.74. The third-order valence-corrected chi connectivity index (χ3v) is 5.04. The van der Waals surface area contributed by atoms with Crippen LogP contribution in [0.15, 0.2) is 41.9 Å². The van der Waals surface area contributed by atoms with E-state index in [4.69, 9.17) is 0 Å². The van der Waals surface area contributed by atoms with Crippen molar-refractivity contribution in [1.29, 1.82) is 0 Å². The monoisotopic (exact) mass is 452 g/mol. The molecular formula is C20H22F2N4O4S. The molecule has 31 heavy (non-hydrogen) atoms. The molecule has 0 unspecified atom stereocenters. The molecule has 0 atom stereocenters. The Morgan fingerprint density at radius 3 is 2.74 bits per heavy atom. The van der Waals surface area contributed by atoms with E-state index in [1.54, 1.807) is 18.2 Å². The number of sulfone groups is 1. The molecule has 0 radical (unpaired) electrons. The minimum absolute atomic E-state index is 0.000775. The van der Waals surface area contributed by atoms with Crippen molar-refractivity contribution in [2.24, 2.45) is 0 Å². The van der Waals surface area contributed by atoms with Gasteiger partial charge in [-0.05, 0) is 18.9 Å². The molecule has 8 nitrogen and oxygen atoms in total. The van der Waals surface area contributed by atoms with Crippen LogP contribution in [0.4, 0.5) is 14.6 Å². The molecule has 3 rings (SSSR count). The lowest BCUT2D eigenvalue weighted by atomic mass is 10.2. The highest BCUT2D eigenvalue weighted by atomic mass is 32.2. The van der Waals surface area contributed by atoms with Gasteiger partial charge in [-0.2, -0.15) is 8.78 Å². The van der Waals surface area contributed by atoms with Crippen LogP contribution in [0.25, 0.3) is 0 Å². The topological polar surface area (TPSA) is 110 Å². The normalized spacial score (nSPS) is 14.1. The third-order valence-electron chi connectivity index (χ3n) is 4.35. The number of benzene rings is 1. The van der Waals surface area contributed by atoms with Crippen LogP contribution < -0.4 is 15.4 Å². The van der Waals surface area contributed by atoms with Crippen molar-refractivity contribution in [2.75, 3.05) is 18.1 Å². The maximum absolute atomic E-state index is 12.6. The van der Waals surface area contributed by atoms with E-state index in [0.717, 1.165) is 24.5 Å². The summed E-state index contributed by atoms with van der Waals surface area (Å²) < 4.78 is 52.1. The minimum atomic E-state index is -3.29. The molecule has 1 aliphatic rings. The summed E-state index contributed by atoms with van der Waals surface area (Å²) in [7, 11) is -3.29. The summed E-state index contributed by atoms with van der Waals surface area (Å²) in [6, 6.07) is 6.33. The Labute approximate surface area is 178 Å². The number of hydrogen-bond acceptors (Lipinski definition) is 7. The number of amides is 1. The highest BCUT2D eigenvalue weighted by molar-refractivity contribution is 7.93. The van der Waals surface area contributed by atoms with Crippen molar-refractivity contribution in [3.05, 3.63) is 58.9 Å². The number of rotatable bonds is 10. The van der Waals surface area contributed by atoms with Gasteiger partial charge in [0.05, 0.1) is 0 Å². The first kappa shape index (κ1) is 22.6. The summed E-state index contributed by atoms with van der Waals surface area (Å²) >= 11 is 0. The molecule has 1 heterocycles. The van der Waals surface area contributed by atoms with Crippen molar-refractivity contribution in [3.8, 4) is 5.75 Å². The zero-order valence-electron chi connectivity index (χ0n) is 16.7. The highest BCUT2D eigenvalue weighted by Gasteiger charge is 2.28. The molecule has 2 N–H and O–H groups in total. The number of nitrogens with one attached hydrogen (secondary N) is 2. The summed E-state index contributed by atoms with van der Waals surface area (Å²) in [5, 5.41) is 6.59. The van der Waals surface area contributed by atoms with Crippen LogP contribution in [0.1, 0.15) is 40.5 Å². The molecule has 1 fully saturated rings. The number of hydrogen-bond donors (Lipinski definition) is 2. The van der Waals surface area contributed by atoms with Gasteiger partial charge in [-0.3, -0.25) is 4.79 Å². The fraction of sp³-hybridized carbons (Fsp3) is 0.350. The summed E-state index contributed by atoms with van der Waals surface area (Å²) in [6.45, 7) is -2.86. The first-order chi connectivity index (χ1) is 14.7. The second kappa shape index (κ2) is 9.82. The van der Waals surface area contributed by atoms with Gasteiger partial charge in [0.15, 0.2) is 9.84 Å². The van der Waals surface area contributed by atoms with Gasteiger partial charge in [0.2, 0.25) is 0 Å². The van der Waals surface area contributed by atoms with E-state index in [2.05, 4.69) is 25.3 Å². The van der Waals surface area contributed by atoms with Gasteiger partial charge in [0.25, 0.3) is 5.91 Å². The molecule has 0 aliphatic heterocycles. The summed E-state index contributed by atoms with van der Waals surface area (Å²) in [4.78, 5) is 21.3. The zero-order valence-corrected chi connectivity index (χ0v) is 17.5. The van der Waals surface area contributed by atoms with Crippen LogP contribution in [0.2, 0.25) is 0 Å². The number of halogens is 2. The lowest BCUT2D eigenvalue weighted by Gasteiger charge is -2.14. The van der Waals surface area contributed by atoms with Crippen LogP contribution in [-0.4, -0.2) is 43.7 Å². The molecule has 11 heteroatoms. The Bertz CT molecular complexity index is 1070. The minimum Gasteiger partial charge on any atom is -0.434 e. The fourth-order valence-corrected chi connectivity index (χ4v) is 3.19. The Balaban J connectivity index is 1.76. The van der Waals surface area contributed by atoms with E-state index >= 15 is 0 Å². The van der Waals surface area contributed by atoms with Crippen LogP contribution in [-0.2, 0) is 16.4 Å². The van der Waals surface area contributed by atoms with Gasteiger partial charge < -0.3 is 15.4 Å². The largest absolute Gasteiger partial charge is 0.434 e. The van der Waals surface area contributed by atoms with Gasteiger partial charge in [-0.25, -0.2) is 18.4 Å². The van der Waals surface area contributed by atoms with E-state index in [1.165, 1.54) is 18.3 Å². The molecule has 0 bridgehead atoms. The van der Waals surface area contributed by atoms with Gasteiger partial charge in [-0.15, -0.1) is 0 Å². The first-order valence-electron chi connectivity index (χ1n) is 9.51. The SMILES string of the molecule is CS(=O)(=O)/C=C/CNC(=O)c1cnc(C2CC2)nc1NCc1ccccc1OC(F)F. The Kier molecular flexibility index (Phi) is 7.16. The number of alkyl halides is 2. The molecular weight excluding hydrogens is 430 g/mol. The van der Waals surface area contributed by atoms with Crippen molar-refractivity contribution in [3.63, 3.8) is 0 Å². The summed E-state index contributed by atoms with van der Waals surface area (Å²) in [6.07, 6.45) is 5.70. The summed E-state index contributed by atoms with van der Waals surface area (Å²) in [5.41, 5.74) is 0.626. The predicted molar refractivity (Wildman–Crippen MR) is 111 cm³/mol. The number of anilines is 1. The molecule has 0 spiro atoms. The highest BCUT2D eigenvalue weighted by Crippen LogP contribution is 2.38. The van der Waals surface area contributed by atoms with E-state index in [-0.39, 0.29) is 36.1 Å². The van der Waals surface area contributed by atoms with E-state index in [1.807, 2.05) is 0 Å². The van der Waals surface area contributed by atoms with Crippen molar-refractivity contribution in [1.82, 2.24) is 15.3 Å². The second-order valence-corrected chi connectivity index (χ2v) is 8.95. The Morgan fingerprint density at radius 2 is 2.06 bits per heavy atom. The van der Waals surface area contributed by atoms with Gasteiger partial charge in [-0.1, -0.05) is 24.3 Å². The number of aromatic nitrogens is 2. The molecule has 1 amide bonds. The molecule has 1 aromatic heterocycles. The van der Waals surface area contributed by atoms with Gasteiger partial charge in [0.1, 0.15) is 23.0 Å². The standard InChI is InChI=1S/C20H22F2N4O4S/c1-31(28,29)10-4-9-23-19(27)15-12-25-17(13-7-8-13)26-18(15)24-11-14-5-2-3-6-16(14)30-20(21)22/h2-6,10,12-13,20H,7-9,11H2,1H3,(H,23,27)(H,24,25,26)/b10-4+. The number of carbonyl (C=O) groups excluding carboxylic acids is 1. The zero-order chi connectivity index (χ0) is 22.4. The van der Waals surface area contributed by atoms with E-state index in [0.29, 0.717) is 11.4 Å². The van der Waals surface area contributed by atoms with E-state index < -0.39 is 22.4 Å². The summed E-state index contributed by atoms with van der Waals surface area (Å²) in [5.74, 6) is 0.629. The molecule has 166 valence electrons. The molecule has 0 saturated heterocycles. The smallest absolute Gasteiger partial charge is 0.387 e. The van der Waals surface area contributed by atoms with Crippen molar-refractivity contribution < 1.29 is 26.7 Å². The average molecular weight is 452 g/mol.